The SMILES string of the molecule is Cc1ccc(NC(=O)/C(C#N)=C/c2ccc(OC(F)F)cc2)cc1C. The predicted octanol–water partition coefficient (Wildman–Crippen LogP) is 4.45. The Hall–Kier alpha value is -3.20. The van der Waals surface area contributed by atoms with Gasteiger partial charge in [-0.3, -0.25) is 4.79 Å². The van der Waals surface area contributed by atoms with Crippen LogP contribution in [0.1, 0.15) is 16.7 Å². The summed E-state index contributed by atoms with van der Waals surface area (Å²) in [5, 5.41) is 11.9. The zero-order valence-corrected chi connectivity index (χ0v) is 13.7. The number of rotatable bonds is 5. The molecule has 0 unspecified atom stereocenters. The summed E-state index contributed by atoms with van der Waals surface area (Å²) in [4.78, 5) is 12.2. The molecule has 0 saturated carbocycles. The molecule has 2 aromatic carbocycles. The Balaban J connectivity index is 2.14. The number of nitriles is 1. The van der Waals surface area contributed by atoms with Crippen LogP contribution < -0.4 is 10.1 Å². The molecule has 0 atom stereocenters. The van der Waals surface area contributed by atoms with Crippen molar-refractivity contribution < 1.29 is 18.3 Å². The number of halogens is 2. The average Bonchev–Trinajstić information content (AvgIpc) is 2.57. The minimum atomic E-state index is -2.90. The molecule has 0 aliphatic rings. The number of amides is 1. The Morgan fingerprint density at radius 2 is 1.84 bits per heavy atom. The van der Waals surface area contributed by atoms with Crippen molar-refractivity contribution in [3.05, 3.63) is 64.7 Å². The number of hydrogen-bond acceptors (Lipinski definition) is 3. The van der Waals surface area contributed by atoms with E-state index in [2.05, 4.69) is 10.1 Å². The van der Waals surface area contributed by atoms with Gasteiger partial charge in [-0.05, 0) is 60.9 Å². The first kappa shape index (κ1) is 18.1. The molecule has 2 rings (SSSR count). The smallest absolute Gasteiger partial charge is 0.387 e. The van der Waals surface area contributed by atoms with Crippen LogP contribution in [0.5, 0.6) is 5.75 Å². The molecule has 0 aromatic heterocycles. The van der Waals surface area contributed by atoms with E-state index in [1.54, 1.807) is 6.07 Å². The summed E-state index contributed by atoms with van der Waals surface area (Å²) in [6.07, 6.45) is 1.38. The van der Waals surface area contributed by atoms with Crippen molar-refractivity contribution in [2.45, 2.75) is 20.5 Å². The van der Waals surface area contributed by atoms with Crippen LogP contribution in [0, 0.1) is 25.2 Å². The largest absolute Gasteiger partial charge is 0.435 e. The molecule has 0 radical (unpaired) electrons. The third kappa shape index (κ3) is 5.15. The number of aryl methyl sites for hydroxylation is 2. The zero-order chi connectivity index (χ0) is 18.4. The Kier molecular flexibility index (Phi) is 5.85. The Labute approximate surface area is 144 Å². The normalized spacial score (nSPS) is 11.1. The summed E-state index contributed by atoms with van der Waals surface area (Å²) in [6, 6.07) is 12.9. The second-order valence-corrected chi connectivity index (χ2v) is 5.37. The van der Waals surface area contributed by atoms with Crippen LogP contribution in [0.15, 0.2) is 48.0 Å². The summed E-state index contributed by atoms with van der Waals surface area (Å²) in [6.45, 7) is 0.984. The van der Waals surface area contributed by atoms with Crippen molar-refractivity contribution >= 4 is 17.7 Å². The molecule has 0 aliphatic heterocycles. The van der Waals surface area contributed by atoms with Gasteiger partial charge in [0.05, 0.1) is 0 Å². The van der Waals surface area contributed by atoms with Gasteiger partial charge in [-0.2, -0.15) is 14.0 Å². The van der Waals surface area contributed by atoms with Gasteiger partial charge in [-0.15, -0.1) is 0 Å². The summed E-state index contributed by atoms with van der Waals surface area (Å²) in [5.74, 6) is -0.538. The van der Waals surface area contributed by atoms with Crippen LogP contribution in [-0.2, 0) is 4.79 Å². The van der Waals surface area contributed by atoms with E-state index in [0.29, 0.717) is 11.3 Å². The fraction of sp³-hybridized carbons (Fsp3) is 0.158. The van der Waals surface area contributed by atoms with Crippen molar-refractivity contribution in [3.8, 4) is 11.8 Å². The van der Waals surface area contributed by atoms with Crippen molar-refractivity contribution in [2.75, 3.05) is 5.32 Å². The fourth-order valence-corrected chi connectivity index (χ4v) is 2.08. The second kappa shape index (κ2) is 8.06. The maximum atomic E-state index is 12.2. The summed E-state index contributed by atoms with van der Waals surface area (Å²) >= 11 is 0. The number of alkyl halides is 2. The van der Waals surface area contributed by atoms with Crippen molar-refractivity contribution in [3.63, 3.8) is 0 Å². The molecule has 0 saturated heterocycles. The Morgan fingerprint density at radius 3 is 2.40 bits per heavy atom. The van der Waals surface area contributed by atoms with Gasteiger partial charge >= 0.3 is 6.61 Å². The van der Waals surface area contributed by atoms with Gasteiger partial charge in [0.2, 0.25) is 0 Å². The average molecular weight is 342 g/mol. The van der Waals surface area contributed by atoms with Gasteiger partial charge in [-0.25, -0.2) is 0 Å². The molecular formula is C19H16F2N2O2. The van der Waals surface area contributed by atoms with E-state index in [-0.39, 0.29) is 11.3 Å². The Bertz CT molecular complexity index is 837. The van der Waals surface area contributed by atoms with E-state index < -0.39 is 12.5 Å². The first-order valence-electron chi connectivity index (χ1n) is 7.44. The molecule has 1 N–H and O–H groups in total. The third-order valence-corrected chi connectivity index (χ3v) is 3.55. The van der Waals surface area contributed by atoms with Crippen LogP contribution >= 0.6 is 0 Å². The van der Waals surface area contributed by atoms with E-state index in [0.717, 1.165) is 11.1 Å². The lowest BCUT2D eigenvalue weighted by molar-refractivity contribution is -0.112. The molecule has 0 spiro atoms. The van der Waals surface area contributed by atoms with Crippen LogP contribution in [0.3, 0.4) is 0 Å². The van der Waals surface area contributed by atoms with Gasteiger partial charge in [0.1, 0.15) is 17.4 Å². The molecule has 0 aliphatic carbocycles. The highest BCUT2D eigenvalue weighted by molar-refractivity contribution is 6.09. The molecule has 4 nitrogen and oxygen atoms in total. The Morgan fingerprint density at radius 1 is 1.16 bits per heavy atom. The highest BCUT2D eigenvalue weighted by Crippen LogP contribution is 2.18. The monoisotopic (exact) mass is 342 g/mol. The number of hydrogen-bond donors (Lipinski definition) is 1. The quantitative estimate of drug-likeness (QED) is 0.645. The van der Waals surface area contributed by atoms with Crippen LogP contribution in [0.25, 0.3) is 6.08 Å². The predicted molar refractivity (Wildman–Crippen MR) is 91.2 cm³/mol. The molecule has 6 heteroatoms. The first-order chi connectivity index (χ1) is 11.9. The molecular weight excluding hydrogens is 326 g/mol. The highest BCUT2D eigenvalue weighted by atomic mass is 19.3. The maximum Gasteiger partial charge on any atom is 0.387 e. The van der Waals surface area contributed by atoms with Crippen LogP contribution in [0.2, 0.25) is 0 Å². The van der Waals surface area contributed by atoms with Crippen molar-refractivity contribution in [2.24, 2.45) is 0 Å². The van der Waals surface area contributed by atoms with Crippen LogP contribution in [0.4, 0.5) is 14.5 Å². The molecule has 0 bridgehead atoms. The summed E-state index contributed by atoms with van der Waals surface area (Å²) < 4.78 is 28.5. The highest BCUT2D eigenvalue weighted by Gasteiger charge is 2.10. The number of anilines is 1. The topological polar surface area (TPSA) is 62.1 Å². The lowest BCUT2D eigenvalue weighted by atomic mass is 10.1. The number of carbonyl (C=O) groups excluding carboxylic acids is 1. The molecule has 0 heterocycles. The van der Waals surface area contributed by atoms with Gasteiger partial charge in [0, 0.05) is 5.69 Å². The molecule has 1 amide bonds. The van der Waals surface area contributed by atoms with Crippen molar-refractivity contribution in [1.82, 2.24) is 0 Å². The zero-order valence-electron chi connectivity index (χ0n) is 13.7. The standard InChI is InChI=1S/C19H16F2N2O2/c1-12-3-6-16(9-13(12)2)23-18(24)15(11-22)10-14-4-7-17(8-5-14)25-19(20)21/h3-10,19H,1-2H3,(H,23,24)/b15-10+. The number of nitrogens with one attached hydrogen (secondary N) is 1. The number of carbonyl (C=O) groups is 1. The maximum absolute atomic E-state index is 12.2. The molecule has 2 aromatic rings. The number of benzene rings is 2. The van der Waals surface area contributed by atoms with Gasteiger partial charge in [0.25, 0.3) is 5.91 Å². The van der Waals surface area contributed by atoms with Gasteiger partial charge < -0.3 is 10.1 Å². The lowest BCUT2D eigenvalue weighted by Crippen LogP contribution is -2.13. The molecule has 0 fully saturated rings. The summed E-state index contributed by atoms with van der Waals surface area (Å²) in [7, 11) is 0. The summed E-state index contributed by atoms with van der Waals surface area (Å²) in [5.41, 5.74) is 3.14. The van der Waals surface area contributed by atoms with Gasteiger partial charge in [-0.1, -0.05) is 18.2 Å². The van der Waals surface area contributed by atoms with Crippen LogP contribution in [-0.4, -0.2) is 12.5 Å². The minimum Gasteiger partial charge on any atom is -0.435 e. The van der Waals surface area contributed by atoms with Crippen molar-refractivity contribution in [1.29, 1.82) is 5.26 Å². The van der Waals surface area contributed by atoms with Gasteiger partial charge in [0.15, 0.2) is 0 Å². The first-order valence-corrected chi connectivity index (χ1v) is 7.44. The second-order valence-electron chi connectivity index (χ2n) is 5.37. The van der Waals surface area contributed by atoms with E-state index in [1.807, 2.05) is 32.0 Å². The fourth-order valence-electron chi connectivity index (χ4n) is 2.08. The minimum absolute atomic E-state index is 0.00485. The van der Waals surface area contributed by atoms with E-state index in [4.69, 9.17) is 0 Å². The third-order valence-electron chi connectivity index (χ3n) is 3.55. The van der Waals surface area contributed by atoms with E-state index in [9.17, 15) is 18.8 Å². The lowest BCUT2D eigenvalue weighted by Gasteiger charge is -2.07. The van der Waals surface area contributed by atoms with E-state index in [1.165, 1.54) is 30.3 Å². The number of ether oxygens (including phenoxy) is 1. The molecule has 128 valence electrons. The molecule has 25 heavy (non-hydrogen) atoms. The number of nitrogens with zero attached hydrogens (tertiary/aromatic N) is 1. The van der Waals surface area contributed by atoms with E-state index >= 15 is 0 Å².